The molecule has 0 N–H and O–H groups in total. The van der Waals surface area contributed by atoms with Gasteiger partial charge in [-0.25, -0.2) is 0 Å². The summed E-state index contributed by atoms with van der Waals surface area (Å²) in [6.45, 7) is 0. The van der Waals surface area contributed by atoms with Crippen molar-refractivity contribution in [2.24, 2.45) is 0 Å². The smallest absolute Gasteiger partial charge is 0.189 e. The molecule has 0 unspecified atom stereocenters. The molecule has 1 aliphatic heterocycles. The van der Waals surface area contributed by atoms with Crippen LogP contribution in [0.1, 0.15) is 10.4 Å². The molecule has 16 heavy (non-hydrogen) atoms. The molecule has 1 fully saturated rings. The SMILES string of the molecule is O=C(C=C1SCCS1)c1cc(Cl)ccc1Cl. The summed E-state index contributed by atoms with van der Waals surface area (Å²) in [6, 6.07) is 4.92. The maximum Gasteiger partial charge on any atom is 0.189 e. The van der Waals surface area contributed by atoms with Crippen molar-refractivity contribution in [3.8, 4) is 0 Å². The highest BCUT2D eigenvalue weighted by molar-refractivity contribution is 8.25. The molecule has 1 heterocycles. The van der Waals surface area contributed by atoms with Crippen LogP contribution in [0.25, 0.3) is 0 Å². The van der Waals surface area contributed by atoms with Gasteiger partial charge in [-0.05, 0) is 18.2 Å². The summed E-state index contributed by atoms with van der Waals surface area (Å²) in [5.74, 6) is 2.05. The summed E-state index contributed by atoms with van der Waals surface area (Å²) in [5, 5.41) is 0.970. The van der Waals surface area contributed by atoms with Gasteiger partial charge in [-0.2, -0.15) is 0 Å². The van der Waals surface area contributed by atoms with Crippen molar-refractivity contribution in [3.05, 3.63) is 44.1 Å². The van der Waals surface area contributed by atoms with Gasteiger partial charge in [0.1, 0.15) is 0 Å². The number of halogens is 2. The first-order valence-corrected chi connectivity index (χ1v) is 7.36. The highest BCUT2D eigenvalue weighted by Gasteiger charge is 2.13. The van der Waals surface area contributed by atoms with E-state index in [9.17, 15) is 4.79 Å². The summed E-state index contributed by atoms with van der Waals surface area (Å²) >= 11 is 15.2. The number of carbonyl (C=O) groups excluding carboxylic acids is 1. The van der Waals surface area contributed by atoms with Crippen molar-refractivity contribution >= 4 is 52.5 Å². The Bertz CT molecular complexity index is 449. The molecule has 1 nitrogen and oxygen atoms in total. The topological polar surface area (TPSA) is 17.1 Å². The van der Waals surface area contributed by atoms with Gasteiger partial charge in [0.2, 0.25) is 0 Å². The predicted molar refractivity (Wildman–Crippen MR) is 73.8 cm³/mol. The van der Waals surface area contributed by atoms with E-state index in [0.717, 1.165) is 15.7 Å². The summed E-state index contributed by atoms with van der Waals surface area (Å²) in [5.41, 5.74) is 0.467. The number of thioether (sulfide) groups is 2. The summed E-state index contributed by atoms with van der Waals surface area (Å²) in [4.78, 5) is 11.9. The fourth-order valence-corrected chi connectivity index (χ4v) is 3.95. The molecular weight excluding hydrogens is 283 g/mol. The van der Waals surface area contributed by atoms with E-state index in [1.54, 1.807) is 47.8 Å². The normalized spacial score (nSPS) is 15.2. The summed E-state index contributed by atoms with van der Waals surface area (Å²) < 4.78 is 1.06. The second-order valence-corrected chi connectivity index (χ2v) is 6.52. The standard InChI is InChI=1S/C11H8Cl2OS2/c12-7-1-2-9(13)8(5-7)10(14)6-11-15-3-4-16-11/h1-2,5-6H,3-4H2. The Morgan fingerprint density at radius 1 is 1.25 bits per heavy atom. The molecule has 0 bridgehead atoms. The lowest BCUT2D eigenvalue weighted by Crippen LogP contribution is -1.96. The molecule has 0 radical (unpaired) electrons. The maximum atomic E-state index is 11.9. The van der Waals surface area contributed by atoms with Crippen LogP contribution in [-0.4, -0.2) is 17.3 Å². The number of hydrogen-bond acceptors (Lipinski definition) is 3. The average molecular weight is 291 g/mol. The van der Waals surface area contributed by atoms with Gasteiger partial charge >= 0.3 is 0 Å². The molecule has 0 atom stereocenters. The van der Waals surface area contributed by atoms with Gasteiger partial charge in [0.05, 0.1) is 5.02 Å². The lowest BCUT2D eigenvalue weighted by atomic mass is 10.1. The Morgan fingerprint density at radius 3 is 2.62 bits per heavy atom. The van der Waals surface area contributed by atoms with Crippen LogP contribution in [0.5, 0.6) is 0 Å². The van der Waals surface area contributed by atoms with Crippen LogP contribution < -0.4 is 0 Å². The minimum absolute atomic E-state index is 0.0793. The van der Waals surface area contributed by atoms with Crippen molar-refractivity contribution < 1.29 is 4.79 Å². The lowest BCUT2D eigenvalue weighted by molar-refractivity contribution is 0.104. The number of carbonyl (C=O) groups is 1. The van der Waals surface area contributed by atoms with Crippen LogP contribution in [0, 0.1) is 0 Å². The van der Waals surface area contributed by atoms with Crippen molar-refractivity contribution in [1.82, 2.24) is 0 Å². The molecule has 0 amide bonds. The van der Waals surface area contributed by atoms with E-state index in [0.29, 0.717) is 15.6 Å². The van der Waals surface area contributed by atoms with E-state index in [4.69, 9.17) is 23.2 Å². The zero-order valence-corrected chi connectivity index (χ0v) is 11.3. The Hall–Kier alpha value is -0.0900. The van der Waals surface area contributed by atoms with Crippen molar-refractivity contribution in [2.75, 3.05) is 11.5 Å². The molecular formula is C11H8Cl2OS2. The Kier molecular flexibility index (Phi) is 4.25. The minimum Gasteiger partial charge on any atom is -0.289 e. The fraction of sp³-hybridized carbons (Fsp3) is 0.182. The molecule has 1 aromatic carbocycles. The number of allylic oxidation sites excluding steroid dienone is 1. The Labute approximate surface area is 113 Å². The van der Waals surface area contributed by atoms with Crippen LogP contribution >= 0.6 is 46.7 Å². The molecule has 0 saturated carbocycles. The van der Waals surface area contributed by atoms with Crippen LogP contribution in [0.15, 0.2) is 28.5 Å². The molecule has 84 valence electrons. The molecule has 5 heteroatoms. The first-order valence-electron chi connectivity index (χ1n) is 4.63. The van der Waals surface area contributed by atoms with Crippen LogP contribution in [0.2, 0.25) is 10.0 Å². The predicted octanol–water partition coefficient (Wildman–Crippen LogP) is 4.50. The molecule has 0 aromatic heterocycles. The first-order chi connectivity index (χ1) is 7.66. The van der Waals surface area contributed by atoms with Crippen LogP contribution in [0.4, 0.5) is 0 Å². The molecule has 2 rings (SSSR count). The molecule has 0 aliphatic carbocycles. The molecule has 1 saturated heterocycles. The van der Waals surface area contributed by atoms with Gasteiger partial charge in [-0.3, -0.25) is 4.79 Å². The molecule has 1 aromatic rings. The number of hydrogen-bond donors (Lipinski definition) is 0. The Morgan fingerprint density at radius 2 is 1.94 bits per heavy atom. The average Bonchev–Trinajstić information content (AvgIpc) is 2.74. The van der Waals surface area contributed by atoms with Crippen molar-refractivity contribution in [3.63, 3.8) is 0 Å². The third kappa shape index (κ3) is 2.98. The molecule has 0 spiro atoms. The van der Waals surface area contributed by atoms with E-state index >= 15 is 0 Å². The van der Waals surface area contributed by atoms with Gasteiger partial charge in [-0.1, -0.05) is 23.2 Å². The van der Waals surface area contributed by atoms with E-state index in [1.807, 2.05) is 0 Å². The Balaban J connectivity index is 2.26. The van der Waals surface area contributed by atoms with E-state index in [2.05, 4.69) is 0 Å². The van der Waals surface area contributed by atoms with Crippen molar-refractivity contribution in [2.45, 2.75) is 0 Å². The largest absolute Gasteiger partial charge is 0.289 e. The van der Waals surface area contributed by atoms with Crippen molar-refractivity contribution in [1.29, 1.82) is 0 Å². The fourth-order valence-electron chi connectivity index (χ4n) is 1.28. The quantitative estimate of drug-likeness (QED) is 0.590. The van der Waals surface area contributed by atoms with E-state index in [1.165, 1.54) is 0 Å². The second kappa shape index (κ2) is 5.50. The van der Waals surface area contributed by atoms with Gasteiger partial charge in [0.25, 0.3) is 0 Å². The number of ketones is 1. The molecule has 1 aliphatic rings. The second-order valence-electron chi connectivity index (χ2n) is 3.15. The number of rotatable bonds is 2. The minimum atomic E-state index is -0.0793. The number of benzene rings is 1. The summed E-state index contributed by atoms with van der Waals surface area (Å²) in [6.07, 6.45) is 1.64. The van der Waals surface area contributed by atoms with Gasteiger partial charge in [0.15, 0.2) is 5.78 Å². The monoisotopic (exact) mass is 290 g/mol. The zero-order chi connectivity index (χ0) is 11.5. The van der Waals surface area contributed by atoms with Gasteiger partial charge < -0.3 is 0 Å². The van der Waals surface area contributed by atoms with Gasteiger partial charge in [0, 0.05) is 32.4 Å². The van der Waals surface area contributed by atoms with Gasteiger partial charge in [-0.15, -0.1) is 23.5 Å². The van der Waals surface area contributed by atoms with Crippen LogP contribution in [0.3, 0.4) is 0 Å². The van der Waals surface area contributed by atoms with E-state index in [-0.39, 0.29) is 5.78 Å². The highest BCUT2D eigenvalue weighted by atomic mass is 35.5. The summed E-state index contributed by atoms with van der Waals surface area (Å²) in [7, 11) is 0. The van der Waals surface area contributed by atoms with E-state index < -0.39 is 0 Å². The zero-order valence-electron chi connectivity index (χ0n) is 8.20. The maximum absolute atomic E-state index is 11.9. The third-order valence-corrected chi connectivity index (χ3v) is 5.17. The third-order valence-electron chi connectivity index (χ3n) is 2.01. The van der Waals surface area contributed by atoms with Crippen LogP contribution in [-0.2, 0) is 0 Å². The first kappa shape index (κ1) is 12.4. The highest BCUT2D eigenvalue weighted by Crippen LogP contribution is 2.36. The lowest BCUT2D eigenvalue weighted by Gasteiger charge is -2.01.